The fourth-order valence-corrected chi connectivity index (χ4v) is 2.37. The summed E-state index contributed by atoms with van der Waals surface area (Å²) in [5, 5.41) is 4.05. The van der Waals surface area contributed by atoms with Crippen LogP contribution in [0.2, 0.25) is 0 Å². The number of aromatic nitrogens is 2. The van der Waals surface area contributed by atoms with E-state index < -0.39 is 12.1 Å². The first kappa shape index (κ1) is 18.4. The average Bonchev–Trinajstić information content (AvgIpc) is 3.21. The van der Waals surface area contributed by atoms with Gasteiger partial charge in [-0.1, -0.05) is 0 Å². The Hall–Kier alpha value is -1.93. The van der Waals surface area contributed by atoms with Gasteiger partial charge in [0, 0.05) is 39.0 Å². The quantitative estimate of drug-likeness (QED) is 0.642. The molecule has 0 N–H and O–H groups in total. The number of aryl methyl sites for hydroxylation is 1. The molecule has 0 aromatic carbocycles. The lowest BCUT2D eigenvalue weighted by molar-refractivity contribution is -0.162. The lowest BCUT2D eigenvalue weighted by atomic mass is 10.2. The molecule has 1 saturated heterocycles. The molecule has 2 atom stereocenters. The first-order valence-electron chi connectivity index (χ1n) is 8.07. The van der Waals surface area contributed by atoms with Crippen molar-refractivity contribution in [3.63, 3.8) is 0 Å². The van der Waals surface area contributed by atoms with Gasteiger partial charge in [0.05, 0.1) is 18.9 Å². The number of hydrogen-bond acceptors (Lipinski definition) is 6. The molecule has 0 radical (unpaired) electrons. The number of nitrogens with zero attached hydrogens (tertiary/aromatic N) is 3. The number of carbonyl (C=O) groups is 2. The average molecular weight is 339 g/mol. The Kier molecular flexibility index (Phi) is 6.74. The maximum absolute atomic E-state index is 12.0. The summed E-state index contributed by atoms with van der Waals surface area (Å²) in [6.45, 7) is 2.83. The zero-order valence-corrected chi connectivity index (χ0v) is 14.4. The van der Waals surface area contributed by atoms with E-state index in [1.165, 1.54) is 4.90 Å². The molecule has 134 valence electrons. The van der Waals surface area contributed by atoms with E-state index in [0.717, 1.165) is 25.0 Å². The van der Waals surface area contributed by atoms with Crippen LogP contribution in [0.1, 0.15) is 25.3 Å². The second-order valence-electron chi connectivity index (χ2n) is 5.99. The van der Waals surface area contributed by atoms with Crippen LogP contribution < -0.4 is 0 Å². The van der Waals surface area contributed by atoms with Gasteiger partial charge in [-0.25, -0.2) is 4.79 Å². The molecule has 1 aliphatic rings. The number of rotatable bonds is 8. The van der Waals surface area contributed by atoms with Gasteiger partial charge in [0.1, 0.15) is 0 Å². The maximum atomic E-state index is 12.0. The van der Waals surface area contributed by atoms with Crippen LogP contribution in [0.3, 0.4) is 0 Å². The lowest BCUT2D eigenvalue weighted by Crippen LogP contribution is -2.33. The first-order chi connectivity index (χ1) is 11.5. The minimum Gasteiger partial charge on any atom is -0.454 e. The Balaban J connectivity index is 1.66. The third-order valence-electron chi connectivity index (χ3n) is 3.83. The summed E-state index contributed by atoms with van der Waals surface area (Å²) in [7, 11) is 3.46. The van der Waals surface area contributed by atoms with Crippen LogP contribution in [0.4, 0.5) is 0 Å². The summed E-state index contributed by atoms with van der Waals surface area (Å²) in [6, 6.07) is 0. The molecule has 24 heavy (non-hydrogen) atoms. The molecule has 1 aromatic heterocycles. The molecule has 8 heteroatoms. The second kappa shape index (κ2) is 8.79. The van der Waals surface area contributed by atoms with Crippen molar-refractivity contribution >= 4 is 11.9 Å². The molecule has 0 saturated carbocycles. The van der Waals surface area contributed by atoms with Gasteiger partial charge in [-0.05, 0) is 19.8 Å². The minimum absolute atomic E-state index is 0.0486. The molecule has 2 heterocycles. The number of hydrogen-bond donors (Lipinski definition) is 0. The predicted octanol–water partition coefficient (Wildman–Crippen LogP) is 0.506. The number of ether oxygens (including phenoxy) is 3. The molecule has 1 aliphatic heterocycles. The Bertz CT molecular complexity index is 554. The van der Waals surface area contributed by atoms with Crippen LogP contribution in [-0.2, 0) is 37.4 Å². The Morgan fingerprint density at radius 1 is 1.54 bits per heavy atom. The highest BCUT2D eigenvalue weighted by Crippen LogP contribution is 2.13. The van der Waals surface area contributed by atoms with Gasteiger partial charge in [0.2, 0.25) is 0 Å². The van der Waals surface area contributed by atoms with Gasteiger partial charge in [0.25, 0.3) is 5.91 Å². The van der Waals surface area contributed by atoms with Crippen LogP contribution in [0.5, 0.6) is 0 Å². The van der Waals surface area contributed by atoms with Crippen molar-refractivity contribution in [3.05, 3.63) is 18.0 Å². The smallest absolute Gasteiger partial charge is 0.335 e. The monoisotopic (exact) mass is 339 g/mol. The third-order valence-corrected chi connectivity index (χ3v) is 3.83. The number of likely N-dealkylation sites (N-methyl/N-ethyl adjacent to an activating group) is 1. The van der Waals surface area contributed by atoms with E-state index in [0.29, 0.717) is 13.2 Å². The number of esters is 1. The van der Waals surface area contributed by atoms with Crippen molar-refractivity contribution in [2.75, 3.05) is 26.9 Å². The van der Waals surface area contributed by atoms with Crippen molar-refractivity contribution in [2.24, 2.45) is 7.05 Å². The molecular formula is C16H25N3O5. The number of amides is 1. The van der Waals surface area contributed by atoms with Crippen molar-refractivity contribution in [2.45, 2.75) is 38.5 Å². The van der Waals surface area contributed by atoms with Crippen molar-refractivity contribution in [1.82, 2.24) is 14.7 Å². The standard InChI is InChI=1S/C16H25N3O5/c1-12(23-10-14-5-4-6-22-14)16(21)24-11-15(20)18(2)8-13-7-17-19(3)9-13/h7,9,12,14H,4-6,8,10-11H2,1-3H3. The number of carbonyl (C=O) groups excluding carboxylic acids is 2. The van der Waals surface area contributed by atoms with Crippen LogP contribution >= 0.6 is 0 Å². The summed E-state index contributed by atoms with van der Waals surface area (Å²) < 4.78 is 17.6. The van der Waals surface area contributed by atoms with E-state index in [2.05, 4.69) is 5.10 Å². The van der Waals surface area contributed by atoms with Gasteiger partial charge in [0.15, 0.2) is 12.7 Å². The largest absolute Gasteiger partial charge is 0.454 e. The van der Waals surface area contributed by atoms with Gasteiger partial charge in [-0.3, -0.25) is 9.48 Å². The fraction of sp³-hybridized carbons (Fsp3) is 0.688. The van der Waals surface area contributed by atoms with Crippen molar-refractivity contribution in [3.8, 4) is 0 Å². The summed E-state index contributed by atoms with van der Waals surface area (Å²) in [6.07, 6.45) is 4.82. The van der Waals surface area contributed by atoms with E-state index in [1.54, 1.807) is 24.9 Å². The predicted molar refractivity (Wildman–Crippen MR) is 85.0 cm³/mol. The van der Waals surface area contributed by atoms with E-state index in [1.807, 2.05) is 13.2 Å². The molecule has 0 spiro atoms. The first-order valence-corrected chi connectivity index (χ1v) is 8.07. The molecular weight excluding hydrogens is 314 g/mol. The minimum atomic E-state index is -0.717. The van der Waals surface area contributed by atoms with Gasteiger partial charge in [-0.2, -0.15) is 5.10 Å². The Labute approximate surface area is 141 Å². The highest BCUT2D eigenvalue weighted by molar-refractivity contribution is 5.81. The summed E-state index contributed by atoms with van der Waals surface area (Å²) in [4.78, 5) is 25.4. The Morgan fingerprint density at radius 2 is 2.33 bits per heavy atom. The van der Waals surface area contributed by atoms with Crippen LogP contribution in [-0.4, -0.2) is 65.6 Å². The normalized spacial score (nSPS) is 18.4. The van der Waals surface area contributed by atoms with Gasteiger partial charge >= 0.3 is 5.97 Å². The second-order valence-corrected chi connectivity index (χ2v) is 5.99. The van der Waals surface area contributed by atoms with Crippen LogP contribution in [0.15, 0.2) is 12.4 Å². The zero-order valence-electron chi connectivity index (χ0n) is 14.4. The van der Waals surface area contributed by atoms with E-state index in [-0.39, 0.29) is 18.6 Å². The SMILES string of the molecule is CC(OCC1CCCO1)C(=O)OCC(=O)N(C)Cc1cnn(C)c1. The van der Waals surface area contributed by atoms with Crippen LogP contribution in [0.25, 0.3) is 0 Å². The zero-order chi connectivity index (χ0) is 17.5. The molecule has 1 aromatic rings. The summed E-state index contributed by atoms with van der Waals surface area (Å²) in [5.41, 5.74) is 0.910. The highest BCUT2D eigenvalue weighted by atomic mass is 16.6. The topological polar surface area (TPSA) is 82.9 Å². The Morgan fingerprint density at radius 3 is 2.96 bits per heavy atom. The lowest BCUT2D eigenvalue weighted by Gasteiger charge is -2.18. The molecule has 0 aliphatic carbocycles. The fourth-order valence-electron chi connectivity index (χ4n) is 2.37. The van der Waals surface area contributed by atoms with E-state index in [9.17, 15) is 9.59 Å². The summed E-state index contributed by atoms with van der Waals surface area (Å²) in [5.74, 6) is -0.824. The molecule has 0 bridgehead atoms. The molecule has 1 fully saturated rings. The molecule has 8 nitrogen and oxygen atoms in total. The van der Waals surface area contributed by atoms with E-state index >= 15 is 0 Å². The maximum Gasteiger partial charge on any atom is 0.335 e. The van der Waals surface area contributed by atoms with Gasteiger partial charge in [-0.15, -0.1) is 0 Å². The molecule has 1 amide bonds. The van der Waals surface area contributed by atoms with E-state index in [4.69, 9.17) is 14.2 Å². The van der Waals surface area contributed by atoms with Crippen molar-refractivity contribution in [1.29, 1.82) is 0 Å². The molecule has 2 rings (SSSR count). The van der Waals surface area contributed by atoms with Crippen LogP contribution in [0, 0.1) is 0 Å². The third kappa shape index (κ3) is 5.61. The van der Waals surface area contributed by atoms with Gasteiger partial charge < -0.3 is 19.1 Å². The van der Waals surface area contributed by atoms with Crippen molar-refractivity contribution < 1.29 is 23.8 Å². The molecule has 2 unspecified atom stereocenters. The highest BCUT2D eigenvalue weighted by Gasteiger charge is 2.22. The summed E-state index contributed by atoms with van der Waals surface area (Å²) >= 11 is 0.